The van der Waals surface area contributed by atoms with E-state index >= 15 is 0 Å². The first-order valence-corrected chi connectivity index (χ1v) is 4.80. The maximum Gasteiger partial charge on any atom is 0.220 e. The van der Waals surface area contributed by atoms with Crippen LogP contribution in [0, 0.1) is 5.92 Å². The first kappa shape index (κ1) is 10.0. The molecule has 1 amide bonds. The summed E-state index contributed by atoms with van der Waals surface area (Å²) in [6, 6.07) is 0. The number of carbonyl (C=O) groups is 1. The molecule has 1 aliphatic rings. The predicted molar refractivity (Wildman–Crippen MR) is 54.1 cm³/mol. The maximum absolute atomic E-state index is 10.8. The molecule has 1 unspecified atom stereocenters. The number of carbonyl (C=O) groups excluding carboxylic acids is 1. The Bertz CT molecular complexity index is 263. The van der Waals surface area contributed by atoms with E-state index in [1.165, 1.54) is 5.57 Å². The third kappa shape index (κ3) is 2.72. The minimum absolute atomic E-state index is 0.0202. The second-order valence-corrected chi connectivity index (χ2v) is 3.57. The van der Waals surface area contributed by atoms with Crippen LogP contribution in [0.5, 0.6) is 0 Å². The van der Waals surface area contributed by atoms with E-state index in [1.807, 2.05) is 6.08 Å². The molecular weight excluding hydrogens is 162 g/mol. The van der Waals surface area contributed by atoms with Gasteiger partial charge in [-0.15, -0.1) is 0 Å². The molecule has 0 bridgehead atoms. The van der Waals surface area contributed by atoms with Crippen LogP contribution >= 0.6 is 0 Å². The van der Waals surface area contributed by atoms with E-state index in [0.29, 0.717) is 5.92 Å². The molecule has 0 saturated heterocycles. The number of hydrogen-bond acceptors (Lipinski definition) is 1. The molecule has 1 atom stereocenters. The van der Waals surface area contributed by atoms with E-state index in [4.69, 9.17) is 0 Å². The summed E-state index contributed by atoms with van der Waals surface area (Å²) in [5.74, 6) is 0.587. The van der Waals surface area contributed by atoms with Gasteiger partial charge < -0.3 is 5.32 Å². The second-order valence-electron chi connectivity index (χ2n) is 3.57. The Labute approximate surface area is 79.7 Å². The molecule has 0 fully saturated rings. The Balaban J connectivity index is 2.66. The van der Waals surface area contributed by atoms with Gasteiger partial charge in [-0.25, -0.2) is 0 Å². The van der Waals surface area contributed by atoms with Crippen LogP contribution in [0.3, 0.4) is 0 Å². The zero-order valence-electron chi connectivity index (χ0n) is 8.55. The fraction of sp³-hybridized carbons (Fsp3) is 0.545. The van der Waals surface area contributed by atoms with Crippen LogP contribution in [0.25, 0.3) is 0 Å². The highest BCUT2D eigenvalue weighted by Crippen LogP contribution is 2.25. The van der Waals surface area contributed by atoms with Crippen LogP contribution in [0.4, 0.5) is 0 Å². The van der Waals surface area contributed by atoms with Gasteiger partial charge in [-0.1, -0.05) is 25.5 Å². The fourth-order valence-electron chi connectivity index (χ4n) is 1.69. The highest BCUT2D eigenvalue weighted by molar-refractivity contribution is 5.75. The Morgan fingerprint density at radius 2 is 2.31 bits per heavy atom. The van der Waals surface area contributed by atoms with Gasteiger partial charge in [0.15, 0.2) is 0 Å². The van der Waals surface area contributed by atoms with Crippen molar-refractivity contribution < 1.29 is 4.79 Å². The van der Waals surface area contributed by atoms with Crippen LogP contribution in [0.1, 0.15) is 33.6 Å². The summed E-state index contributed by atoms with van der Waals surface area (Å²) in [6.07, 6.45) is 6.20. The first-order chi connectivity index (χ1) is 6.13. The summed E-state index contributed by atoms with van der Waals surface area (Å²) in [4.78, 5) is 10.8. The summed E-state index contributed by atoms with van der Waals surface area (Å²) < 4.78 is 0. The molecule has 0 aliphatic heterocycles. The molecule has 0 radical (unpaired) electrons. The molecule has 0 aromatic carbocycles. The summed E-state index contributed by atoms with van der Waals surface area (Å²) >= 11 is 0. The van der Waals surface area contributed by atoms with Gasteiger partial charge in [0, 0.05) is 12.6 Å². The highest BCUT2D eigenvalue weighted by atomic mass is 16.1. The number of allylic oxidation sites excluding steroid dienone is 4. The van der Waals surface area contributed by atoms with Gasteiger partial charge in [-0.2, -0.15) is 0 Å². The molecular formula is C11H17NO. The summed E-state index contributed by atoms with van der Waals surface area (Å²) in [6.45, 7) is 5.91. The van der Waals surface area contributed by atoms with Gasteiger partial charge >= 0.3 is 0 Å². The van der Waals surface area contributed by atoms with E-state index in [1.54, 1.807) is 6.92 Å². The Morgan fingerprint density at radius 1 is 1.62 bits per heavy atom. The molecule has 2 heteroatoms. The van der Waals surface area contributed by atoms with Crippen LogP contribution < -0.4 is 5.32 Å². The van der Waals surface area contributed by atoms with Gasteiger partial charge in [-0.3, -0.25) is 4.79 Å². The first-order valence-electron chi connectivity index (χ1n) is 4.80. The SMILES string of the molecule is CCC1=CC=C(NC(C)=O)CC1C. The van der Waals surface area contributed by atoms with E-state index in [-0.39, 0.29) is 5.91 Å². The number of nitrogens with one attached hydrogen (secondary N) is 1. The number of rotatable bonds is 2. The van der Waals surface area contributed by atoms with Gasteiger partial charge in [0.1, 0.15) is 0 Å². The smallest absolute Gasteiger partial charge is 0.220 e. The van der Waals surface area contributed by atoms with Gasteiger partial charge in [0.05, 0.1) is 0 Å². The van der Waals surface area contributed by atoms with E-state index in [0.717, 1.165) is 18.5 Å². The molecule has 0 spiro atoms. The lowest BCUT2D eigenvalue weighted by Gasteiger charge is -2.20. The molecule has 2 nitrogen and oxygen atoms in total. The van der Waals surface area contributed by atoms with Crippen molar-refractivity contribution in [1.29, 1.82) is 0 Å². The second kappa shape index (κ2) is 4.26. The quantitative estimate of drug-likeness (QED) is 0.692. The van der Waals surface area contributed by atoms with Crippen molar-refractivity contribution in [3.05, 3.63) is 23.4 Å². The lowest BCUT2D eigenvalue weighted by Crippen LogP contribution is -2.22. The van der Waals surface area contributed by atoms with E-state index in [2.05, 4.69) is 25.2 Å². The van der Waals surface area contributed by atoms with Crippen LogP contribution in [-0.2, 0) is 4.79 Å². The summed E-state index contributed by atoms with van der Waals surface area (Å²) in [5.41, 5.74) is 2.51. The van der Waals surface area contributed by atoms with Crippen LogP contribution in [0.15, 0.2) is 23.4 Å². The van der Waals surface area contributed by atoms with Gasteiger partial charge in [0.2, 0.25) is 5.91 Å². The third-order valence-corrected chi connectivity index (χ3v) is 2.40. The number of amides is 1. The predicted octanol–water partition coefficient (Wildman–Crippen LogP) is 2.38. The highest BCUT2D eigenvalue weighted by Gasteiger charge is 2.13. The summed E-state index contributed by atoms with van der Waals surface area (Å²) in [5, 5.41) is 2.83. The fourth-order valence-corrected chi connectivity index (χ4v) is 1.69. The van der Waals surface area contributed by atoms with Crippen molar-refractivity contribution in [3.8, 4) is 0 Å². The number of hydrogen-bond donors (Lipinski definition) is 1. The van der Waals surface area contributed by atoms with Crippen molar-refractivity contribution in [2.45, 2.75) is 33.6 Å². The Morgan fingerprint density at radius 3 is 2.77 bits per heavy atom. The van der Waals surface area contributed by atoms with Crippen molar-refractivity contribution >= 4 is 5.91 Å². The normalized spacial score (nSPS) is 21.9. The average Bonchev–Trinajstić information content (AvgIpc) is 2.03. The molecule has 1 aliphatic carbocycles. The van der Waals surface area contributed by atoms with Crippen molar-refractivity contribution in [2.24, 2.45) is 5.92 Å². The van der Waals surface area contributed by atoms with E-state index in [9.17, 15) is 4.79 Å². The molecule has 0 saturated carbocycles. The lowest BCUT2D eigenvalue weighted by molar-refractivity contribution is -0.118. The van der Waals surface area contributed by atoms with Crippen molar-refractivity contribution in [3.63, 3.8) is 0 Å². The van der Waals surface area contributed by atoms with Crippen molar-refractivity contribution in [1.82, 2.24) is 5.32 Å². The molecule has 0 aromatic rings. The molecule has 0 aromatic heterocycles. The van der Waals surface area contributed by atoms with Gasteiger partial charge in [0.25, 0.3) is 0 Å². The topological polar surface area (TPSA) is 29.1 Å². The molecule has 1 rings (SSSR count). The third-order valence-electron chi connectivity index (χ3n) is 2.40. The van der Waals surface area contributed by atoms with Crippen LogP contribution in [-0.4, -0.2) is 5.91 Å². The van der Waals surface area contributed by atoms with Crippen molar-refractivity contribution in [2.75, 3.05) is 0 Å². The molecule has 13 heavy (non-hydrogen) atoms. The molecule has 0 heterocycles. The van der Waals surface area contributed by atoms with Gasteiger partial charge in [-0.05, 0) is 24.8 Å². The maximum atomic E-state index is 10.8. The lowest BCUT2D eigenvalue weighted by atomic mass is 9.90. The zero-order valence-corrected chi connectivity index (χ0v) is 8.55. The summed E-state index contributed by atoms with van der Waals surface area (Å²) in [7, 11) is 0. The zero-order chi connectivity index (χ0) is 9.84. The average molecular weight is 179 g/mol. The minimum atomic E-state index is 0.0202. The van der Waals surface area contributed by atoms with Crippen LogP contribution in [0.2, 0.25) is 0 Å². The minimum Gasteiger partial charge on any atom is -0.330 e. The van der Waals surface area contributed by atoms with E-state index < -0.39 is 0 Å². The Hall–Kier alpha value is -1.05. The monoisotopic (exact) mass is 179 g/mol. The molecule has 1 N–H and O–H groups in total. The largest absolute Gasteiger partial charge is 0.330 e. The molecule has 72 valence electrons. The standard InChI is InChI=1S/C11H17NO/c1-4-10-5-6-11(7-8(10)2)12-9(3)13/h5-6,8H,4,7H2,1-3H3,(H,12,13). The Kier molecular flexibility index (Phi) is 3.29.